The summed E-state index contributed by atoms with van der Waals surface area (Å²) in [6, 6.07) is 5.53. The largest absolute Gasteiger partial charge is 0.315 e. The van der Waals surface area contributed by atoms with Crippen molar-refractivity contribution in [3.05, 3.63) is 22.8 Å². The summed E-state index contributed by atoms with van der Waals surface area (Å²) in [6.07, 6.45) is 0.973. The Morgan fingerprint density at radius 2 is 2.33 bits per heavy atom. The average molecular weight is 312 g/mol. The third-order valence-corrected chi connectivity index (χ3v) is 4.30. The molecule has 2 atom stereocenters. The standard InChI is InChI=1S/C9H11BrN2OS.ClH/c10-8-2-1-3-9(12-8)14(13)7-4-5-11-6-7;/h1-3,7,11H,4-6H2;1H/t7-,14+;/m0./s1. The number of pyridine rings is 1. The summed E-state index contributed by atoms with van der Waals surface area (Å²) in [5.41, 5.74) is 0. The van der Waals surface area contributed by atoms with E-state index in [0.29, 0.717) is 5.03 Å². The van der Waals surface area contributed by atoms with E-state index in [-0.39, 0.29) is 17.7 Å². The molecule has 0 radical (unpaired) electrons. The van der Waals surface area contributed by atoms with Crippen LogP contribution in [0.25, 0.3) is 0 Å². The van der Waals surface area contributed by atoms with E-state index in [9.17, 15) is 4.21 Å². The minimum atomic E-state index is -0.973. The molecule has 1 N–H and O–H groups in total. The first-order valence-corrected chi connectivity index (χ1v) is 6.52. The number of halogens is 2. The highest BCUT2D eigenvalue weighted by atomic mass is 79.9. The van der Waals surface area contributed by atoms with Gasteiger partial charge in [-0.3, -0.25) is 4.21 Å². The summed E-state index contributed by atoms with van der Waals surface area (Å²) >= 11 is 3.28. The highest BCUT2D eigenvalue weighted by molar-refractivity contribution is 9.10. The summed E-state index contributed by atoms with van der Waals surface area (Å²) in [5, 5.41) is 4.10. The van der Waals surface area contributed by atoms with Crippen LogP contribution in [-0.4, -0.2) is 27.5 Å². The van der Waals surface area contributed by atoms with Gasteiger partial charge in [0.05, 0.1) is 16.0 Å². The third-order valence-electron chi connectivity index (χ3n) is 2.21. The molecule has 1 aromatic rings. The van der Waals surface area contributed by atoms with Crippen LogP contribution in [-0.2, 0) is 10.8 Å². The Morgan fingerprint density at radius 3 is 2.93 bits per heavy atom. The second-order valence-electron chi connectivity index (χ2n) is 3.21. The van der Waals surface area contributed by atoms with Gasteiger partial charge in [-0.25, -0.2) is 4.98 Å². The van der Waals surface area contributed by atoms with Crippen molar-refractivity contribution >= 4 is 39.1 Å². The van der Waals surface area contributed by atoms with Gasteiger partial charge in [-0.2, -0.15) is 0 Å². The van der Waals surface area contributed by atoms with E-state index in [1.165, 1.54) is 0 Å². The molecule has 1 aliphatic rings. The van der Waals surface area contributed by atoms with Gasteiger partial charge >= 0.3 is 0 Å². The van der Waals surface area contributed by atoms with Gasteiger partial charge in [0.25, 0.3) is 0 Å². The number of nitrogens with one attached hydrogen (secondary N) is 1. The predicted octanol–water partition coefficient (Wildman–Crippen LogP) is 1.74. The maximum absolute atomic E-state index is 12.0. The quantitative estimate of drug-likeness (QED) is 0.846. The van der Waals surface area contributed by atoms with E-state index in [1.807, 2.05) is 18.2 Å². The topological polar surface area (TPSA) is 42.0 Å². The van der Waals surface area contributed by atoms with E-state index < -0.39 is 10.8 Å². The number of rotatable bonds is 2. The van der Waals surface area contributed by atoms with Gasteiger partial charge in [-0.15, -0.1) is 12.4 Å². The summed E-state index contributed by atoms with van der Waals surface area (Å²) in [4.78, 5) is 4.21. The van der Waals surface area contributed by atoms with Crippen molar-refractivity contribution in [2.45, 2.75) is 16.7 Å². The summed E-state index contributed by atoms with van der Waals surface area (Å²) < 4.78 is 12.7. The Morgan fingerprint density at radius 1 is 1.53 bits per heavy atom. The lowest BCUT2D eigenvalue weighted by molar-refractivity contribution is 0.669. The van der Waals surface area contributed by atoms with Crippen molar-refractivity contribution in [1.29, 1.82) is 0 Å². The van der Waals surface area contributed by atoms with Crippen LogP contribution in [0.15, 0.2) is 27.8 Å². The lowest BCUT2D eigenvalue weighted by Crippen LogP contribution is -2.19. The second kappa shape index (κ2) is 5.94. The first-order valence-electron chi connectivity index (χ1n) is 4.51. The third kappa shape index (κ3) is 3.24. The van der Waals surface area contributed by atoms with Gasteiger partial charge in [0.15, 0.2) is 0 Å². The van der Waals surface area contributed by atoms with Crippen LogP contribution >= 0.6 is 28.3 Å². The number of aromatic nitrogens is 1. The van der Waals surface area contributed by atoms with Crippen LogP contribution in [0.5, 0.6) is 0 Å². The molecule has 1 aliphatic heterocycles. The zero-order valence-electron chi connectivity index (χ0n) is 7.98. The van der Waals surface area contributed by atoms with Crippen LogP contribution in [0.1, 0.15) is 6.42 Å². The molecular formula is C9H12BrClN2OS. The molecule has 0 aromatic carbocycles. The van der Waals surface area contributed by atoms with Crippen molar-refractivity contribution in [3.8, 4) is 0 Å². The van der Waals surface area contributed by atoms with Gasteiger partial charge in [0, 0.05) is 6.54 Å². The van der Waals surface area contributed by atoms with Crippen LogP contribution in [0.3, 0.4) is 0 Å². The molecule has 84 valence electrons. The molecule has 3 nitrogen and oxygen atoms in total. The van der Waals surface area contributed by atoms with E-state index in [2.05, 4.69) is 26.2 Å². The SMILES string of the molecule is Cl.O=[S@@](c1cccc(Br)n1)[C@H]1CCNC1. The van der Waals surface area contributed by atoms with Crippen molar-refractivity contribution < 1.29 is 4.21 Å². The van der Waals surface area contributed by atoms with E-state index in [0.717, 1.165) is 24.1 Å². The fraction of sp³-hybridized carbons (Fsp3) is 0.444. The van der Waals surface area contributed by atoms with Crippen molar-refractivity contribution in [2.75, 3.05) is 13.1 Å². The first-order chi connectivity index (χ1) is 6.77. The molecule has 2 heterocycles. The smallest absolute Gasteiger partial charge is 0.128 e. The summed E-state index contributed by atoms with van der Waals surface area (Å²) in [6.45, 7) is 1.80. The van der Waals surface area contributed by atoms with Gasteiger partial charge in [-0.1, -0.05) is 6.07 Å². The van der Waals surface area contributed by atoms with E-state index in [4.69, 9.17) is 0 Å². The zero-order chi connectivity index (χ0) is 9.97. The Bertz CT molecular complexity index is 358. The van der Waals surface area contributed by atoms with Gasteiger partial charge in [-0.05, 0) is 41.0 Å². The maximum atomic E-state index is 12.0. The van der Waals surface area contributed by atoms with Gasteiger partial charge < -0.3 is 5.32 Å². The highest BCUT2D eigenvalue weighted by Crippen LogP contribution is 2.16. The monoisotopic (exact) mass is 310 g/mol. The van der Waals surface area contributed by atoms with Crippen LogP contribution in [0, 0.1) is 0 Å². The van der Waals surface area contributed by atoms with Crippen LogP contribution in [0.4, 0.5) is 0 Å². The van der Waals surface area contributed by atoms with Crippen molar-refractivity contribution in [3.63, 3.8) is 0 Å². The number of hydrogen-bond donors (Lipinski definition) is 1. The molecule has 1 saturated heterocycles. The first kappa shape index (κ1) is 13.1. The Kier molecular flexibility index (Phi) is 5.18. The number of hydrogen-bond acceptors (Lipinski definition) is 3. The van der Waals surface area contributed by atoms with Gasteiger partial charge in [0.1, 0.15) is 9.63 Å². The molecule has 2 rings (SSSR count). The molecule has 0 saturated carbocycles. The minimum Gasteiger partial charge on any atom is -0.315 e. The molecule has 0 amide bonds. The molecule has 0 bridgehead atoms. The molecule has 1 aromatic heterocycles. The minimum absolute atomic E-state index is 0. The molecule has 0 unspecified atom stereocenters. The molecule has 0 spiro atoms. The number of nitrogens with zero attached hydrogens (tertiary/aromatic N) is 1. The summed E-state index contributed by atoms with van der Waals surface area (Å²) in [5.74, 6) is 0. The lowest BCUT2D eigenvalue weighted by atomic mass is 10.4. The Hall–Kier alpha value is 0.0300. The van der Waals surface area contributed by atoms with Crippen LogP contribution < -0.4 is 5.32 Å². The molecule has 0 aliphatic carbocycles. The average Bonchev–Trinajstić information content (AvgIpc) is 2.69. The normalized spacial score (nSPS) is 22.1. The Labute approximate surface area is 106 Å². The Balaban J connectivity index is 0.00000112. The fourth-order valence-corrected chi connectivity index (χ4v) is 3.29. The van der Waals surface area contributed by atoms with E-state index in [1.54, 1.807) is 0 Å². The molecule has 6 heteroatoms. The molecule has 15 heavy (non-hydrogen) atoms. The van der Waals surface area contributed by atoms with Crippen molar-refractivity contribution in [2.24, 2.45) is 0 Å². The molecule has 1 fully saturated rings. The van der Waals surface area contributed by atoms with Crippen molar-refractivity contribution in [1.82, 2.24) is 10.3 Å². The van der Waals surface area contributed by atoms with Gasteiger partial charge in [0.2, 0.25) is 0 Å². The van der Waals surface area contributed by atoms with Crippen LogP contribution in [0.2, 0.25) is 0 Å². The fourth-order valence-electron chi connectivity index (χ4n) is 1.48. The lowest BCUT2D eigenvalue weighted by Gasteiger charge is -2.07. The summed E-state index contributed by atoms with van der Waals surface area (Å²) in [7, 11) is -0.973. The highest BCUT2D eigenvalue weighted by Gasteiger charge is 2.23. The zero-order valence-corrected chi connectivity index (χ0v) is 11.2. The second-order valence-corrected chi connectivity index (χ2v) is 5.70. The predicted molar refractivity (Wildman–Crippen MR) is 66.9 cm³/mol. The maximum Gasteiger partial charge on any atom is 0.128 e. The molecular weight excluding hydrogens is 300 g/mol. The van der Waals surface area contributed by atoms with E-state index >= 15 is 0 Å².